The Morgan fingerprint density at radius 3 is 2.92 bits per heavy atom. The van der Waals surface area contributed by atoms with Gasteiger partial charge in [-0.1, -0.05) is 60.6 Å². The number of hydrogen-bond acceptors (Lipinski definition) is 1. The van der Waals surface area contributed by atoms with Gasteiger partial charge in [0.1, 0.15) is 11.3 Å². The molecule has 0 aliphatic heterocycles. The van der Waals surface area contributed by atoms with Gasteiger partial charge in [-0.05, 0) is 50.0 Å². The molecule has 128 valence electrons. The van der Waals surface area contributed by atoms with Crippen molar-refractivity contribution in [2.75, 3.05) is 0 Å². The predicted molar refractivity (Wildman–Crippen MR) is 103 cm³/mol. The lowest BCUT2D eigenvalue weighted by molar-refractivity contribution is 0.307. The second kappa shape index (κ2) is 5.76. The van der Waals surface area contributed by atoms with Crippen LogP contribution in [0.1, 0.15) is 38.0 Å². The highest BCUT2D eigenvalue weighted by Gasteiger charge is 2.37. The van der Waals surface area contributed by atoms with Crippen LogP contribution in [0.25, 0.3) is 11.0 Å². The van der Waals surface area contributed by atoms with Crippen LogP contribution in [0.3, 0.4) is 0 Å². The van der Waals surface area contributed by atoms with E-state index in [4.69, 9.17) is 4.42 Å². The Balaban J connectivity index is 1.52. The van der Waals surface area contributed by atoms with Crippen molar-refractivity contribution in [1.82, 2.24) is 0 Å². The number of rotatable bonds is 1. The molecule has 4 atom stereocenters. The Kier molecular flexibility index (Phi) is 3.51. The molecule has 3 aliphatic rings. The first kappa shape index (κ1) is 15.3. The summed E-state index contributed by atoms with van der Waals surface area (Å²) in [5.74, 6) is 3.94. The molecular weight excluding hydrogens is 304 g/mol. The maximum atomic E-state index is 6.12. The second-order valence-corrected chi connectivity index (χ2v) is 8.21. The van der Waals surface area contributed by atoms with E-state index >= 15 is 0 Å². The SMILES string of the molecule is CC1=CC=C(C2CCc3oc4ccccc4c3C2)C2C=CCC(C)[C@@H]12. The van der Waals surface area contributed by atoms with Gasteiger partial charge in [-0.25, -0.2) is 0 Å². The summed E-state index contributed by atoms with van der Waals surface area (Å²) in [6, 6.07) is 8.54. The fourth-order valence-electron chi connectivity index (χ4n) is 5.48. The molecular formula is C24H26O. The van der Waals surface area contributed by atoms with E-state index < -0.39 is 0 Å². The van der Waals surface area contributed by atoms with Crippen LogP contribution < -0.4 is 0 Å². The quantitative estimate of drug-likeness (QED) is 0.563. The first-order valence-corrected chi connectivity index (χ1v) is 9.76. The average Bonchev–Trinajstić information content (AvgIpc) is 3.00. The van der Waals surface area contributed by atoms with E-state index in [1.54, 1.807) is 11.1 Å². The summed E-state index contributed by atoms with van der Waals surface area (Å²) in [4.78, 5) is 0. The normalized spacial score (nSPS) is 31.3. The third-order valence-corrected chi connectivity index (χ3v) is 6.72. The van der Waals surface area contributed by atoms with Gasteiger partial charge in [0.05, 0.1) is 0 Å². The highest BCUT2D eigenvalue weighted by Crippen LogP contribution is 2.47. The van der Waals surface area contributed by atoms with Gasteiger partial charge in [0.15, 0.2) is 0 Å². The van der Waals surface area contributed by atoms with Gasteiger partial charge in [-0.2, -0.15) is 0 Å². The third-order valence-electron chi connectivity index (χ3n) is 6.72. The summed E-state index contributed by atoms with van der Waals surface area (Å²) in [6.45, 7) is 4.74. The molecule has 1 heteroatoms. The molecule has 3 unspecified atom stereocenters. The van der Waals surface area contributed by atoms with Crippen LogP contribution in [0.15, 0.2) is 64.1 Å². The molecule has 1 aromatic carbocycles. The molecule has 0 spiro atoms. The lowest BCUT2D eigenvalue weighted by Gasteiger charge is -2.40. The molecule has 0 fully saturated rings. The van der Waals surface area contributed by atoms with Crippen molar-refractivity contribution in [3.8, 4) is 0 Å². The standard InChI is InChI=1S/C24H26O/c1-15-6-5-8-20-18(12-10-16(2)24(15)20)17-11-13-23-21(14-17)19-7-3-4-9-22(19)25-23/h3-5,7-10,12,15,17,20,24H,6,11,13-14H2,1-2H3/t15?,17?,20?,24-/m0/s1. The van der Waals surface area contributed by atoms with Crippen molar-refractivity contribution in [1.29, 1.82) is 0 Å². The number of para-hydroxylation sites is 1. The van der Waals surface area contributed by atoms with Crippen LogP contribution >= 0.6 is 0 Å². The summed E-state index contributed by atoms with van der Waals surface area (Å²) in [5.41, 5.74) is 5.75. The molecule has 3 aliphatic carbocycles. The van der Waals surface area contributed by atoms with Gasteiger partial charge in [-0.3, -0.25) is 0 Å². The van der Waals surface area contributed by atoms with Crippen molar-refractivity contribution < 1.29 is 4.42 Å². The number of fused-ring (bicyclic) bond motifs is 4. The van der Waals surface area contributed by atoms with Crippen molar-refractivity contribution in [3.05, 3.63) is 71.0 Å². The molecule has 1 aromatic heterocycles. The minimum atomic E-state index is 0.610. The predicted octanol–water partition coefficient (Wildman–Crippen LogP) is 6.25. The van der Waals surface area contributed by atoms with Crippen LogP contribution in [-0.4, -0.2) is 0 Å². The van der Waals surface area contributed by atoms with Crippen molar-refractivity contribution in [2.24, 2.45) is 23.7 Å². The van der Waals surface area contributed by atoms with E-state index in [0.717, 1.165) is 24.3 Å². The molecule has 5 rings (SSSR count). The highest BCUT2D eigenvalue weighted by molar-refractivity contribution is 5.82. The number of hydrogen-bond donors (Lipinski definition) is 0. The Morgan fingerprint density at radius 1 is 1.12 bits per heavy atom. The van der Waals surface area contributed by atoms with Crippen LogP contribution in [0.4, 0.5) is 0 Å². The zero-order valence-corrected chi connectivity index (χ0v) is 15.2. The number of furan rings is 1. The molecule has 1 heterocycles. The Bertz CT molecular complexity index is 907. The number of benzene rings is 1. The molecule has 0 saturated heterocycles. The van der Waals surface area contributed by atoms with E-state index in [1.165, 1.54) is 29.6 Å². The van der Waals surface area contributed by atoms with E-state index in [9.17, 15) is 0 Å². The Hall–Kier alpha value is -2.02. The summed E-state index contributed by atoms with van der Waals surface area (Å²) in [6.07, 6.45) is 14.4. The van der Waals surface area contributed by atoms with Gasteiger partial charge >= 0.3 is 0 Å². The Morgan fingerprint density at radius 2 is 2.00 bits per heavy atom. The third kappa shape index (κ3) is 2.36. The minimum Gasteiger partial charge on any atom is -0.461 e. The minimum absolute atomic E-state index is 0.610. The molecule has 2 aromatic rings. The van der Waals surface area contributed by atoms with Crippen molar-refractivity contribution in [3.63, 3.8) is 0 Å². The van der Waals surface area contributed by atoms with E-state index in [1.807, 2.05) is 0 Å². The summed E-state index contributed by atoms with van der Waals surface area (Å²) < 4.78 is 6.12. The topological polar surface area (TPSA) is 13.1 Å². The molecule has 0 saturated carbocycles. The largest absolute Gasteiger partial charge is 0.461 e. The lowest BCUT2D eigenvalue weighted by Crippen LogP contribution is -2.31. The number of allylic oxidation sites excluding steroid dienone is 6. The zero-order chi connectivity index (χ0) is 17.0. The molecule has 0 amide bonds. The zero-order valence-electron chi connectivity index (χ0n) is 15.2. The maximum Gasteiger partial charge on any atom is 0.134 e. The van der Waals surface area contributed by atoms with Gasteiger partial charge in [-0.15, -0.1) is 0 Å². The van der Waals surface area contributed by atoms with Crippen LogP contribution in [-0.2, 0) is 12.8 Å². The average molecular weight is 330 g/mol. The lowest BCUT2D eigenvalue weighted by atomic mass is 9.64. The summed E-state index contributed by atoms with van der Waals surface area (Å²) in [5, 5.41) is 1.33. The summed E-state index contributed by atoms with van der Waals surface area (Å²) >= 11 is 0. The van der Waals surface area contributed by atoms with Gasteiger partial charge in [0.2, 0.25) is 0 Å². The van der Waals surface area contributed by atoms with Crippen LogP contribution in [0, 0.1) is 23.7 Å². The van der Waals surface area contributed by atoms with Crippen LogP contribution in [0.2, 0.25) is 0 Å². The second-order valence-electron chi connectivity index (χ2n) is 8.21. The number of aryl methyl sites for hydroxylation is 1. The van der Waals surface area contributed by atoms with Crippen molar-refractivity contribution >= 4 is 11.0 Å². The van der Waals surface area contributed by atoms with E-state index in [-0.39, 0.29) is 0 Å². The first-order chi connectivity index (χ1) is 12.2. The summed E-state index contributed by atoms with van der Waals surface area (Å²) in [7, 11) is 0. The van der Waals surface area contributed by atoms with E-state index in [2.05, 4.69) is 62.4 Å². The first-order valence-electron chi connectivity index (χ1n) is 9.76. The molecule has 25 heavy (non-hydrogen) atoms. The molecule has 0 bridgehead atoms. The van der Waals surface area contributed by atoms with Gasteiger partial charge in [0, 0.05) is 23.3 Å². The molecule has 0 N–H and O–H groups in total. The fourth-order valence-corrected chi connectivity index (χ4v) is 5.48. The Labute approximate surface area is 150 Å². The molecule has 0 radical (unpaired) electrons. The highest BCUT2D eigenvalue weighted by atomic mass is 16.3. The maximum absolute atomic E-state index is 6.12. The van der Waals surface area contributed by atoms with E-state index in [0.29, 0.717) is 17.8 Å². The monoisotopic (exact) mass is 330 g/mol. The smallest absolute Gasteiger partial charge is 0.134 e. The fraction of sp³-hybridized carbons (Fsp3) is 0.417. The van der Waals surface area contributed by atoms with Crippen LogP contribution in [0.5, 0.6) is 0 Å². The van der Waals surface area contributed by atoms with Gasteiger partial charge in [0.25, 0.3) is 0 Å². The molecule has 1 nitrogen and oxygen atoms in total. The van der Waals surface area contributed by atoms with Crippen molar-refractivity contribution in [2.45, 2.75) is 39.5 Å². The van der Waals surface area contributed by atoms with Gasteiger partial charge < -0.3 is 4.42 Å².